The number of aryl methyl sites for hydroxylation is 1. The minimum absolute atomic E-state index is 0.0308. The number of sulfonamides is 1. The molecule has 0 aliphatic carbocycles. The number of anilines is 2. The number of benzene rings is 1. The summed E-state index contributed by atoms with van der Waals surface area (Å²) in [5, 5.41) is 3.19. The van der Waals surface area contributed by atoms with E-state index in [0.29, 0.717) is 34.3 Å². The van der Waals surface area contributed by atoms with Gasteiger partial charge in [0.1, 0.15) is 10.5 Å². The lowest BCUT2D eigenvalue weighted by Crippen LogP contribution is -2.18. The van der Waals surface area contributed by atoms with Crippen molar-refractivity contribution < 1.29 is 26.4 Å². The molecule has 0 bridgehead atoms. The molecule has 1 amide bonds. The van der Waals surface area contributed by atoms with E-state index in [1.807, 2.05) is 0 Å². The largest absolute Gasteiger partial charge is 0.433 e. The summed E-state index contributed by atoms with van der Waals surface area (Å²) in [5.41, 5.74) is 0.761. The number of pyridine rings is 1. The number of halogens is 3. The molecule has 0 atom stereocenters. The van der Waals surface area contributed by atoms with Gasteiger partial charge in [-0.1, -0.05) is 13.0 Å². The maximum atomic E-state index is 12.9. The quantitative estimate of drug-likeness (QED) is 0.508. The number of hydrogen-bond acceptors (Lipinski definition) is 5. The molecule has 0 aliphatic heterocycles. The standard InChI is InChI=1S/C20H20F3N3O3S2/c1-4-10-31(28,29)26-15-7-5-6-14(12(15)3)24-18(27)17-11(2)13-8-9-16(20(21,22)23)25-19(13)30-17/h5-9,26H,4,10H2,1-3H3,(H,24,27). The first kappa shape index (κ1) is 23.0. The van der Waals surface area contributed by atoms with Gasteiger partial charge in [0.2, 0.25) is 10.0 Å². The molecule has 0 fully saturated rings. The van der Waals surface area contributed by atoms with Crippen molar-refractivity contribution in [3.05, 3.63) is 52.0 Å². The number of rotatable bonds is 6. The highest BCUT2D eigenvalue weighted by Gasteiger charge is 2.33. The van der Waals surface area contributed by atoms with Gasteiger partial charge in [0.05, 0.1) is 16.3 Å². The molecule has 0 unspecified atom stereocenters. The Morgan fingerprint density at radius 2 is 1.77 bits per heavy atom. The highest BCUT2D eigenvalue weighted by atomic mass is 32.2. The molecule has 0 spiro atoms. The summed E-state index contributed by atoms with van der Waals surface area (Å²) in [6.07, 6.45) is -4.11. The number of carbonyl (C=O) groups excluding carboxylic acids is 1. The molecular weight excluding hydrogens is 451 g/mol. The number of nitrogens with zero attached hydrogens (tertiary/aromatic N) is 1. The molecule has 2 aromatic heterocycles. The van der Waals surface area contributed by atoms with Gasteiger partial charge in [0.15, 0.2) is 0 Å². The molecule has 0 saturated carbocycles. The van der Waals surface area contributed by atoms with E-state index in [4.69, 9.17) is 0 Å². The Hall–Kier alpha value is -2.66. The Morgan fingerprint density at radius 3 is 2.42 bits per heavy atom. The van der Waals surface area contributed by atoms with Gasteiger partial charge in [0, 0.05) is 11.1 Å². The van der Waals surface area contributed by atoms with Crippen molar-refractivity contribution >= 4 is 48.9 Å². The molecule has 11 heteroatoms. The molecule has 3 rings (SSSR count). The first-order chi connectivity index (χ1) is 14.4. The van der Waals surface area contributed by atoms with E-state index in [1.54, 1.807) is 39.0 Å². The summed E-state index contributed by atoms with van der Waals surface area (Å²) < 4.78 is 65.4. The SMILES string of the molecule is CCCS(=O)(=O)Nc1cccc(NC(=O)c2sc3nc(C(F)(F)F)ccc3c2C)c1C. The minimum Gasteiger partial charge on any atom is -0.321 e. The summed E-state index contributed by atoms with van der Waals surface area (Å²) in [5.74, 6) is -0.539. The van der Waals surface area contributed by atoms with Crippen LogP contribution in [0.15, 0.2) is 30.3 Å². The predicted molar refractivity (Wildman–Crippen MR) is 116 cm³/mol. The van der Waals surface area contributed by atoms with Crippen molar-refractivity contribution in [2.75, 3.05) is 15.8 Å². The Morgan fingerprint density at radius 1 is 1.10 bits per heavy atom. The highest BCUT2D eigenvalue weighted by Crippen LogP contribution is 2.35. The Bertz CT molecular complexity index is 1250. The second kappa shape index (κ2) is 8.46. The van der Waals surface area contributed by atoms with E-state index >= 15 is 0 Å². The molecule has 31 heavy (non-hydrogen) atoms. The van der Waals surface area contributed by atoms with Crippen molar-refractivity contribution in [2.45, 2.75) is 33.4 Å². The second-order valence-corrected chi connectivity index (χ2v) is 9.80. The summed E-state index contributed by atoms with van der Waals surface area (Å²) >= 11 is 0.874. The zero-order chi connectivity index (χ0) is 23.0. The van der Waals surface area contributed by atoms with Crippen LogP contribution in [0.2, 0.25) is 0 Å². The van der Waals surface area contributed by atoms with Gasteiger partial charge in [0.25, 0.3) is 5.91 Å². The van der Waals surface area contributed by atoms with Crippen LogP contribution in [0.4, 0.5) is 24.5 Å². The van der Waals surface area contributed by atoms with Crippen molar-refractivity contribution in [3.63, 3.8) is 0 Å². The highest BCUT2D eigenvalue weighted by molar-refractivity contribution is 7.92. The van der Waals surface area contributed by atoms with Crippen molar-refractivity contribution in [1.29, 1.82) is 0 Å². The van der Waals surface area contributed by atoms with Crippen LogP contribution in [0, 0.1) is 13.8 Å². The van der Waals surface area contributed by atoms with E-state index in [2.05, 4.69) is 15.0 Å². The Balaban J connectivity index is 1.90. The predicted octanol–water partition coefficient (Wildman–Crippen LogP) is 5.34. The molecule has 0 aliphatic rings. The smallest absolute Gasteiger partial charge is 0.321 e. The number of thiophene rings is 1. The average molecular weight is 472 g/mol. The van der Waals surface area contributed by atoms with Gasteiger partial charge in [-0.15, -0.1) is 11.3 Å². The van der Waals surface area contributed by atoms with Gasteiger partial charge in [-0.25, -0.2) is 13.4 Å². The van der Waals surface area contributed by atoms with Crippen LogP contribution in [0.3, 0.4) is 0 Å². The molecule has 0 radical (unpaired) electrons. The van der Waals surface area contributed by atoms with Crippen molar-refractivity contribution in [1.82, 2.24) is 4.98 Å². The zero-order valence-electron chi connectivity index (χ0n) is 16.9. The van der Waals surface area contributed by atoms with E-state index in [0.717, 1.165) is 17.4 Å². The van der Waals surface area contributed by atoms with Gasteiger partial charge in [-0.05, 0) is 55.7 Å². The van der Waals surface area contributed by atoms with Crippen LogP contribution in [0.1, 0.15) is 39.8 Å². The van der Waals surface area contributed by atoms with Gasteiger partial charge in [-0.2, -0.15) is 13.2 Å². The van der Waals surface area contributed by atoms with Gasteiger partial charge in [-0.3, -0.25) is 9.52 Å². The number of alkyl halides is 3. The van der Waals surface area contributed by atoms with Crippen molar-refractivity contribution in [2.24, 2.45) is 0 Å². The molecule has 6 nitrogen and oxygen atoms in total. The first-order valence-corrected chi connectivity index (χ1v) is 11.8. The summed E-state index contributed by atoms with van der Waals surface area (Å²) in [4.78, 5) is 16.8. The van der Waals surface area contributed by atoms with E-state index < -0.39 is 27.8 Å². The summed E-state index contributed by atoms with van der Waals surface area (Å²) in [6, 6.07) is 7.00. The van der Waals surface area contributed by atoms with Crippen molar-refractivity contribution in [3.8, 4) is 0 Å². The number of nitrogens with one attached hydrogen (secondary N) is 2. The fraction of sp³-hybridized carbons (Fsp3) is 0.300. The molecular formula is C20H20F3N3O3S2. The lowest BCUT2D eigenvalue weighted by Gasteiger charge is -2.14. The summed E-state index contributed by atoms with van der Waals surface area (Å²) in [6.45, 7) is 5.06. The Kier molecular flexibility index (Phi) is 6.28. The molecule has 2 heterocycles. The minimum atomic E-state index is -4.57. The van der Waals surface area contributed by atoms with Crippen LogP contribution >= 0.6 is 11.3 Å². The van der Waals surface area contributed by atoms with E-state index in [1.165, 1.54) is 6.07 Å². The monoisotopic (exact) mass is 471 g/mol. The number of hydrogen-bond donors (Lipinski definition) is 2. The van der Waals surface area contributed by atoms with Crippen LogP contribution in [0.5, 0.6) is 0 Å². The molecule has 3 aromatic rings. The molecule has 1 aromatic carbocycles. The third kappa shape index (κ3) is 4.99. The average Bonchev–Trinajstić information content (AvgIpc) is 3.00. The third-order valence-electron chi connectivity index (χ3n) is 4.62. The first-order valence-electron chi connectivity index (χ1n) is 9.31. The van der Waals surface area contributed by atoms with Gasteiger partial charge < -0.3 is 5.32 Å². The van der Waals surface area contributed by atoms with Gasteiger partial charge >= 0.3 is 6.18 Å². The molecule has 2 N–H and O–H groups in total. The fourth-order valence-electron chi connectivity index (χ4n) is 3.02. The lowest BCUT2D eigenvalue weighted by atomic mass is 10.1. The maximum absolute atomic E-state index is 12.9. The molecule has 166 valence electrons. The maximum Gasteiger partial charge on any atom is 0.433 e. The number of aromatic nitrogens is 1. The summed E-state index contributed by atoms with van der Waals surface area (Å²) in [7, 11) is -3.51. The lowest BCUT2D eigenvalue weighted by molar-refractivity contribution is -0.140. The second-order valence-electron chi connectivity index (χ2n) is 6.96. The van der Waals surface area contributed by atoms with Crippen LogP contribution in [-0.2, 0) is 16.2 Å². The van der Waals surface area contributed by atoms with Crippen LogP contribution in [0.25, 0.3) is 10.2 Å². The fourth-order valence-corrected chi connectivity index (χ4v) is 5.29. The van der Waals surface area contributed by atoms with Crippen LogP contribution in [-0.4, -0.2) is 25.1 Å². The van der Waals surface area contributed by atoms with Crippen LogP contribution < -0.4 is 10.0 Å². The Labute approximate surface area is 181 Å². The third-order valence-corrected chi connectivity index (χ3v) is 7.30. The van der Waals surface area contributed by atoms with E-state index in [-0.39, 0.29) is 15.5 Å². The number of carbonyl (C=O) groups is 1. The normalized spacial score (nSPS) is 12.2. The number of amides is 1. The zero-order valence-corrected chi connectivity index (χ0v) is 18.6. The van der Waals surface area contributed by atoms with E-state index in [9.17, 15) is 26.4 Å². The molecule has 0 saturated heterocycles. The number of fused-ring (bicyclic) bond motifs is 1. The topological polar surface area (TPSA) is 88.2 Å².